The molecule has 0 saturated carbocycles. The summed E-state index contributed by atoms with van der Waals surface area (Å²) in [6, 6.07) is 18.6. The summed E-state index contributed by atoms with van der Waals surface area (Å²) in [5.74, 6) is -0.345. The standard InChI is InChI=1S/C22H22N2O3S2/c1-15-12-24(29(26,27)14-16-6-3-2-4-7-16)13-21-19(15)11-20(28-21)17-8-5-9-18(10-17)22(23)25/h2-11,15H,12-14H2,1H3,(H2,23,25). The maximum Gasteiger partial charge on any atom is 0.248 e. The van der Waals surface area contributed by atoms with Crippen molar-refractivity contribution in [1.29, 1.82) is 0 Å². The van der Waals surface area contributed by atoms with Crippen LogP contribution in [0.15, 0.2) is 60.7 Å². The molecule has 2 heterocycles. The molecule has 1 amide bonds. The molecular formula is C22H22N2O3S2. The van der Waals surface area contributed by atoms with Gasteiger partial charge in [-0.25, -0.2) is 8.42 Å². The van der Waals surface area contributed by atoms with Crippen LogP contribution in [0.3, 0.4) is 0 Å². The summed E-state index contributed by atoms with van der Waals surface area (Å²) in [5.41, 5.74) is 8.76. The first-order chi connectivity index (χ1) is 13.8. The van der Waals surface area contributed by atoms with Crippen LogP contribution in [-0.2, 0) is 22.3 Å². The molecule has 1 atom stereocenters. The number of carbonyl (C=O) groups excluding carboxylic acids is 1. The Balaban J connectivity index is 1.61. The van der Waals surface area contributed by atoms with Gasteiger partial charge in [0, 0.05) is 28.4 Å². The number of benzene rings is 2. The molecule has 1 aliphatic rings. The van der Waals surface area contributed by atoms with Crippen molar-refractivity contribution < 1.29 is 13.2 Å². The number of nitrogens with zero attached hydrogens (tertiary/aromatic N) is 1. The van der Waals surface area contributed by atoms with Crippen molar-refractivity contribution in [1.82, 2.24) is 4.31 Å². The minimum Gasteiger partial charge on any atom is -0.366 e. The second-order valence-electron chi connectivity index (χ2n) is 7.37. The van der Waals surface area contributed by atoms with Gasteiger partial charge in [-0.15, -0.1) is 11.3 Å². The minimum atomic E-state index is -3.41. The number of fused-ring (bicyclic) bond motifs is 1. The van der Waals surface area contributed by atoms with Gasteiger partial charge in [-0.1, -0.05) is 49.4 Å². The van der Waals surface area contributed by atoms with E-state index in [1.165, 1.54) is 5.56 Å². The smallest absolute Gasteiger partial charge is 0.248 e. The van der Waals surface area contributed by atoms with Crippen LogP contribution in [0.4, 0.5) is 0 Å². The molecule has 5 nitrogen and oxygen atoms in total. The largest absolute Gasteiger partial charge is 0.366 e. The van der Waals surface area contributed by atoms with E-state index in [0.29, 0.717) is 18.7 Å². The van der Waals surface area contributed by atoms with Gasteiger partial charge < -0.3 is 5.73 Å². The Morgan fingerprint density at radius 1 is 1.14 bits per heavy atom. The van der Waals surface area contributed by atoms with E-state index in [1.807, 2.05) is 42.5 Å². The quantitative estimate of drug-likeness (QED) is 0.670. The Morgan fingerprint density at radius 3 is 2.62 bits per heavy atom. The summed E-state index contributed by atoms with van der Waals surface area (Å²) in [7, 11) is -3.41. The van der Waals surface area contributed by atoms with Crippen molar-refractivity contribution >= 4 is 27.3 Å². The molecule has 0 aliphatic carbocycles. The molecule has 1 aliphatic heterocycles. The van der Waals surface area contributed by atoms with Crippen LogP contribution in [0.5, 0.6) is 0 Å². The van der Waals surface area contributed by atoms with Crippen molar-refractivity contribution in [3.8, 4) is 10.4 Å². The third-order valence-electron chi connectivity index (χ3n) is 5.19. The van der Waals surface area contributed by atoms with Gasteiger partial charge >= 0.3 is 0 Å². The zero-order valence-electron chi connectivity index (χ0n) is 16.0. The van der Waals surface area contributed by atoms with Crippen LogP contribution in [0.25, 0.3) is 10.4 Å². The molecular weight excluding hydrogens is 404 g/mol. The zero-order valence-corrected chi connectivity index (χ0v) is 17.7. The van der Waals surface area contributed by atoms with Gasteiger partial charge in [0.2, 0.25) is 15.9 Å². The highest BCUT2D eigenvalue weighted by Crippen LogP contribution is 2.40. The second-order valence-corrected chi connectivity index (χ2v) is 10.5. The van der Waals surface area contributed by atoms with Gasteiger partial charge in [-0.05, 0) is 40.8 Å². The third-order valence-corrected chi connectivity index (χ3v) is 8.13. The molecule has 0 saturated heterocycles. The van der Waals surface area contributed by atoms with Gasteiger partial charge in [-0.3, -0.25) is 4.79 Å². The van der Waals surface area contributed by atoms with Gasteiger partial charge in [0.1, 0.15) is 0 Å². The first kappa shape index (κ1) is 19.8. The average molecular weight is 427 g/mol. The fourth-order valence-electron chi connectivity index (χ4n) is 3.67. The maximum absolute atomic E-state index is 13.0. The number of hydrogen-bond acceptors (Lipinski definition) is 4. The third kappa shape index (κ3) is 4.12. The number of rotatable bonds is 5. The number of carbonyl (C=O) groups is 1. The van der Waals surface area contributed by atoms with E-state index in [1.54, 1.807) is 27.8 Å². The van der Waals surface area contributed by atoms with Crippen LogP contribution in [-0.4, -0.2) is 25.2 Å². The molecule has 0 bridgehead atoms. The lowest BCUT2D eigenvalue weighted by Gasteiger charge is -2.30. The summed E-state index contributed by atoms with van der Waals surface area (Å²) in [5, 5.41) is 0. The predicted molar refractivity (Wildman–Crippen MR) is 116 cm³/mol. The lowest BCUT2D eigenvalue weighted by Crippen LogP contribution is -2.37. The van der Waals surface area contributed by atoms with Crippen molar-refractivity contribution in [2.45, 2.75) is 25.1 Å². The van der Waals surface area contributed by atoms with Crippen molar-refractivity contribution in [2.24, 2.45) is 5.73 Å². The molecule has 0 fully saturated rings. The van der Waals surface area contributed by atoms with Crippen LogP contribution in [0.2, 0.25) is 0 Å². The Morgan fingerprint density at radius 2 is 1.90 bits per heavy atom. The van der Waals surface area contributed by atoms with Gasteiger partial charge in [0.05, 0.1) is 5.75 Å². The van der Waals surface area contributed by atoms with E-state index >= 15 is 0 Å². The van der Waals surface area contributed by atoms with Gasteiger partial charge in [-0.2, -0.15) is 4.31 Å². The van der Waals surface area contributed by atoms with Crippen molar-refractivity contribution in [2.75, 3.05) is 6.54 Å². The molecule has 7 heteroatoms. The van der Waals surface area contributed by atoms with Crippen LogP contribution in [0, 0.1) is 0 Å². The highest BCUT2D eigenvalue weighted by atomic mass is 32.2. The molecule has 3 aromatic rings. The van der Waals surface area contributed by atoms with E-state index in [2.05, 4.69) is 13.0 Å². The first-order valence-corrected chi connectivity index (χ1v) is 11.8. The number of primary amides is 1. The Kier molecular flexibility index (Phi) is 5.29. The molecule has 150 valence electrons. The number of nitrogens with two attached hydrogens (primary N) is 1. The molecule has 0 radical (unpaired) electrons. The van der Waals surface area contributed by atoms with E-state index in [9.17, 15) is 13.2 Å². The van der Waals surface area contributed by atoms with Gasteiger partial charge in [0.25, 0.3) is 0 Å². The monoisotopic (exact) mass is 426 g/mol. The highest BCUT2D eigenvalue weighted by Gasteiger charge is 2.32. The van der Waals surface area contributed by atoms with Gasteiger partial charge in [0.15, 0.2) is 0 Å². The zero-order chi connectivity index (χ0) is 20.6. The Hall–Kier alpha value is -2.48. The molecule has 1 unspecified atom stereocenters. The van der Waals surface area contributed by atoms with E-state index < -0.39 is 15.9 Å². The Labute approximate surface area is 174 Å². The maximum atomic E-state index is 13.0. The molecule has 1 aromatic heterocycles. The van der Waals surface area contributed by atoms with Crippen molar-refractivity contribution in [3.05, 3.63) is 82.2 Å². The predicted octanol–water partition coefficient (Wildman–Crippen LogP) is 3.96. The van der Waals surface area contributed by atoms with E-state index in [4.69, 9.17) is 5.73 Å². The normalized spacial score (nSPS) is 17.1. The number of thiophene rings is 1. The average Bonchev–Trinajstić information content (AvgIpc) is 3.13. The first-order valence-electron chi connectivity index (χ1n) is 9.38. The summed E-state index contributed by atoms with van der Waals surface area (Å²) in [6.45, 7) is 2.91. The SMILES string of the molecule is CC1CN(S(=O)(=O)Cc2ccccc2)Cc2sc(-c3cccc(C(N)=O)c3)cc21. The minimum absolute atomic E-state index is 0.00871. The molecule has 2 N–H and O–H groups in total. The molecule has 4 rings (SSSR count). The number of amides is 1. The summed E-state index contributed by atoms with van der Waals surface area (Å²) in [6.07, 6.45) is 0. The summed E-state index contributed by atoms with van der Waals surface area (Å²) < 4.78 is 27.6. The summed E-state index contributed by atoms with van der Waals surface area (Å²) in [4.78, 5) is 13.6. The fraction of sp³-hybridized carbons (Fsp3) is 0.227. The van der Waals surface area contributed by atoms with Crippen molar-refractivity contribution in [3.63, 3.8) is 0 Å². The van der Waals surface area contributed by atoms with Crippen LogP contribution < -0.4 is 5.73 Å². The molecule has 0 spiro atoms. The van der Waals surface area contributed by atoms with Crippen LogP contribution >= 0.6 is 11.3 Å². The Bertz CT molecular complexity index is 1150. The molecule has 29 heavy (non-hydrogen) atoms. The second kappa shape index (κ2) is 7.74. The topological polar surface area (TPSA) is 80.5 Å². The number of hydrogen-bond donors (Lipinski definition) is 1. The highest BCUT2D eigenvalue weighted by molar-refractivity contribution is 7.88. The fourth-order valence-corrected chi connectivity index (χ4v) is 6.62. The van der Waals surface area contributed by atoms with Crippen LogP contribution in [0.1, 0.15) is 39.2 Å². The van der Waals surface area contributed by atoms with E-state index in [0.717, 1.165) is 20.9 Å². The lowest BCUT2D eigenvalue weighted by atomic mass is 9.97. The lowest BCUT2D eigenvalue weighted by molar-refractivity contribution is 0.100. The molecule has 2 aromatic carbocycles. The summed E-state index contributed by atoms with van der Waals surface area (Å²) >= 11 is 1.58. The van der Waals surface area contributed by atoms with E-state index in [-0.39, 0.29) is 11.7 Å². The number of sulfonamides is 1.